The molecule has 0 aliphatic heterocycles. The zero-order valence-electron chi connectivity index (χ0n) is 11.3. The van der Waals surface area contributed by atoms with Gasteiger partial charge in [0.15, 0.2) is 0 Å². The number of hydrazone groups is 1. The van der Waals surface area contributed by atoms with Gasteiger partial charge in [0, 0.05) is 5.56 Å². The number of nitrogens with one attached hydrogen (secondary N) is 1. The number of hydrogen-bond acceptors (Lipinski definition) is 4. The molecule has 0 bridgehead atoms. The number of hydrogen-bond donors (Lipinski definition) is 1. The molecule has 0 unspecified atom stereocenters. The molecule has 0 atom stereocenters. The number of rotatable bonds is 4. The van der Waals surface area contributed by atoms with Crippen molar-refractivity contribution in [2.75, 3.05) is 0 Å². The standard InChI is InChI=1S/C16H11ClN2O2S/c17-13-5-2-1-4-12(13)14-8-7-11(21-14)10-18-19-16(20)15-6-3-9-22-15/h1-10H,(H,19,20). The smallest absolute Gasteiger partial charge is 0.281 e. The van der Waals surface area contributed by atoms with Crippen molar-refractivity contribution in [3.8, 4) is 11.3 Å². The molecule has 0 saturated heterocycles. The van der Waals surface area contributed by atoms with Gasteiger partial charge in [0.05, 0.1) is 16.1 Å². The first-order chi connectivity index (χ1) is 10.7. The van der Waals surface area contributed by atoms with Crippen LogP contribution < -0.4 is 5.43 Å². The summed E-state index contributed by atoms with van der Waals surface area (Å²) in [6.45, 7) is 0. The monoisotopic (exact) mass is 330 g/mol. The fraction of sp³-hybridized carbons (Fsp3) is 0. The van der Waals surface area contributed by atoms with Crippen LogP contribution in [-0.2, 0) is 0 Å². The summed E-state index contributed by atoms with van der Waals surface area (Å²) >= 11 is 7.48. The number of carbonyl (C=O) groups excluding carboxylic acids is 1. The van der Waals surface area contributed by atoms with Crippen LogP contribution in [0.4, 0.5) is 0 Å². The van der Waals surface area contributed by atoms with Crippen LogP contribution in [0.3, 0.4) is 0 Å². The minimum atomic E-state index is -0.246. The van der Waals surface area contributed by atoms with Crippen LogP contribution in [0, 0.1) is 0 Å². The van der Waals surface area contributed by atoms with Crippen LogP contribution in [0.5, 0.6) is 0 Å². The Balaban J connectivity index is 1.68. The molecule has 1 amide bonds. The van der Waals surface area contributed by atoms with Gasteiger partial charge in [0.1, 0.15) is 11.5 Å². The van der Waals surface area contributed by atoms with E-state index in [0.717, 1.165) is 5.56 Å². The number of nitrogens with zero attached hydrogens (tertiary/aromatic N) is 1. The summed E-state index contributed by atoms with van der Waals surface area (Å²) in [6, 6.07) is 14.5. The molecule has 2 heterocycles. The zero-order chi connectivity index (χ0) is 15.4. The van der Waals surface area contributed by atoms with Gasteiger partial charge in [-0.3, -0.25) is 4.79 Å². The van der Waals surface area contributed by atoms with E-state index in [-0.39, 0.29) is 5.91 Å². The van der Waals surface area contributed by atoms with Crippen molar-refractivity contribution >= 4 is 35.1 Å². The van der Waals surface area contributed by atoms with Crippen LogP contribution in [-0.4, -0.2) is 12.1 Å². The molecule has 0 saturated carbocycles. The molecule has 0 aliphatic rings. The second kappa shape index (κ2) is 6.60. The molecule has 22 heavy (non-hydrogen) atoms. The Morgan fingerprint density at radius 1 is 1.18 bits per heavy atom. The Morgan fingerprint density at radius 3 is 2.82 bits per heavy atom. The second-order valence-corrected chi connectivity index (χ2v) is 5.71. The van der Waals surface area contributed by atoms with Crippen molar-refractivity contribution in [1.82, 2.24) is 5.43 Å². The van der Waals surface area contributed by atoms with Gasteiger partial charge in [-0.1, -0.05) is 29.8 Å². The molecular weight excluding hydrogens is 320 g/mol. The maximum Gasteiger partial charge on any atom is 0.281 e. The fourth-order valence-electron chi connectivity index (χ4n) is 1.85. The Hall–Kier alpha value is -2.37. The van der Waals surface area contributed by atoms with Crippen molar-refractivity contribution < 1.29 is 9.21 Å². The highest BCUT2D eigenvalue weighted by molar-refractivity contribution is 7.12. The van der Waals surface area contributed by atoms with Gasteiger partial charge < -0.3 is 4.42 Å². The first-order valence-electron chi connectivity index (χ1n) is 6.46. The van der Waals surface area contributed by atoms with Gasteiger partial charge in [-0.25, -0.2) is 5.43 Å². The molecule has 0 fully saturated rings. The molecule has 3 rings (SSSR count). The second-order valence-electron chi connectivity index (χ2n) is 4.36. The summed E-state index contributed by atoms with van der Waals surface area (Å²) in [7, 11) is 0. The van der Waals surface area contributed by atoms with Crippen molar-refractivity contribution in [2.45, 2.75) is 0 Å². The van der Waals surface area contributed by atoms with E-state index >= 15 is 0 Å². The van der Waals surface area contributed by atoms with Gasteiger partial charge in [0.25, 0.3) is 5.91 Å². The Labute approximate surface area is 136 Å². The topological polar surface area (TPSA) is 54.6 Å². The fourth-order valence-corrected chi connectivity index (χ4v) is 2.69. The van der Waals surface area contributed by atoms with E-state index < -0.39 is 0 Å². The third-order valence-corrected chi connectivity index (χ3v) is 4.07. The van der Waals surface area contributed by atoms with E-state index in [9.17, 15) is 4.79 Å². The van der Waals surface area contributed by atoms with Crippen LogP contribution >= 0.6 is 22.9 Å². The van der Waals surface area contributed by atoms with E-state index in [1.165, 1.54) is 17.6 Å². The Bertz CT molecular complexity index is 809. The predicted octanol–water partition coefficient (Wildman–Crippen LogP) is 4.43. The molecule has 1 aromatic carbocycles. The lowest BCUT2D eigenvalue weighted by atomic mass is 10.2. The van der Waals surface area contributed by atoms with E-state index in [1.807, 2.05) is 35.7 Å². The summed E-state index contributed by atoms with van der Waals surface area (Å²) in [5.74, 6) is 0.933. The van der Waals surface area contributed by atoms with Crippen LogP contribution in [0.15, 0.2) is 63.4 Å². The van der Waals surface area contributed by atoms with Gasteiger partial charge in [0.2, 0.25) is 0 Å². The molecule has 2 aromatic heterocycles. The summed E-state index contributed by atoms with van der Waals surface area (Å²) < 4.78 is 5.64. The van der Waals surface area contributed by atoms with E-state index in [0.29, 0.717) is 21.4 Å². The van der Waals surface area contributed by atoms with Crippen molar-refractivity contribution in [1.29, 1.82) is 0 Å². The summed E-state index contributed by atoms with van der Waals surface area (Å²) in [6.07, 6.45) is 1.45. The van der Waals surface area contributed by atoms with Crippen LogP contribution in [0.1, 0.15) is 15.4 Å². The maximum atomic E-state index is 11.7. The summed E-state index contributed by atoms with van der Waals surface area (Å²) in [5.41, 5.74) is 3.26. The normalized spacial score (nSPS) is 11.0. The lowest BCUT2D eigenvalue weighted by molar-refractivity contribution is 0.0959. The number of furan rings is 1. The molecular formula is C16H11ClN2O2S. The van der Waals surface area contributed by atoms with E-state index in [2.05, 4.69) is 10.5 Å². The van der Waals surface area contributed by atoms with Gasteiger partial charge >= 0.3 is 0 Å². The molecule has 1 N–H and O–H groups in total. The molecule has 4 nitrogen and oxygen atoms in total. The zero-order valence-corrected chi connectivity index (χ0v) is 12.9. The highest BCUT2D eigenvalue weighted by Gasteiger charge is 2.07. The van der Waals surface area contributed by atoms with Crippen LogP contribution in [0.25, 0.3) is 11.3 Å². The van der Waals surface area contributed by atoms with E-state index in [1.54, 1.807) is 18.2 Å². The third kappa shape index (κ3) is 3.27. The highest BCUT2D eigenvalue weighted by Crippen LogP contribution is 2.28. The number of benzene rings is 1. The number of amides is 1. The highest BCUT2D eigenvalue weighted by atomic mass is 35.5. The Morgan fingerprint density at radius 2 is 2.05 bits per heavy atom. The molecule has 6 heteroatoms. The molecule has 3 aromatic rings. The van der Waals surface area contributed by atoms with Crippen LogP contribution in [0.2, 0.25) is 5.02 Å². The maximum absolute atomic E-state index is 11.7. The average molecular weight is 331 g/mol. The predicted molar refractivity (Wildman–Crippen MR) is 88.5 cm³/mol. The quantitative estimate of drug-likeness (QED) is 0.568. The number of halogens is 1. The van der Waals surface area contributed by atoms with Crippen molar-refractivity contribution in [3.63, 3.8) is 0 Å². The molecule has 0 spiro atoms. The lowest BCUT2D eigenvalue weighted by Gasteiger charge is -1.98. The SMILES string of the molecule is O=C(NN=Cc1ccc(-c2ccccc2Cl)o1)c1cccs1. The molecule has 0 aliphatic carbocycles. The number of thiophene rings is 1. The van der Waals surface area contributed by atoms with Gasteiger partial charge in [-0.15, -0.1) is 11.3 Å². The summed E-state index contributed by atoms with van der Waals surface area (Å²) in [5, 5.41) is 6.33. The first kappa shape index (κ1) is 14.6. The van der Waals surface area contributed by atoms with Gasteiger partial charge in [-0.2, -0.15) is 5.10 Å². The minimum Gasteiger partial charge on any atom is -0.455 e. The Kier molecular flexibility index (Phi) is 4.37. The average Bonchev–Trinajstić information content (AvgIpc) is 3.19. The summed E-state index contributed by atoms with van der Waals surface area (Å²) in [4.78, 5) is 12.3. The van der Waals surface area contributed by atoms with Crippen molar-refractivity contribution in [3.05, 3.63) is 69.6 Å². The minimum absolute atomic E-state index is 0.246. The first-order valence-corrected chi connectivity index (χ1v) is 7.71. The largest absolute Gasteiger partial charge is 0.455 e. The third-order valence-electron chi connectivity index (χ3n) is 2.87. The number of carbonyl (C=O) groups is 1. The lowest BCUT2D eigenvalue weighted by Crippen LogP contribution is -2.15. The van der Waals surface area contributed by atoms with Crippen molar-refractivity contribution in [2.24, 2.45) is 5.10 Å². The van der Waals surface area contributed by atoms with Gasteiger partial charge in [-0.05, 0) is 35.7 Å². The molecule has 0 radical (unpaired) electrons. The van der Waals surface area contributed by atoms with E-state index in [4.69, 9.17) is 16.0 Å². The molecule has 110 valence electrons.